The molecule has 3 aliphatic heterocycles. The van der Waals surface area contributed by atoms with E-state index in [1.54, 1.807) is 0 Å². The molecule has 2 fully saturated rings. The molecule has 0 aliphatic carbocycles. The predicted molar refractivity (Wildman–Crippen MR) is 83.9 cm³/mol. The second-order valence-electron chi connectivity index (χ2n) is 6.41. The number of hydrogen-bond acceptors (Lipinski definition) is 5. The number of fused-ring (bicyclic) bond motifs is 1. The van der Waals surface area contributed by atoms with Crippen molar-refractivity contribution < 1.29 is 19.0 Å². The number of ether oxygens (including phenoxy) is 3. The van der Waals surface area contributed by atoms with E-state index >= 15 is 0 Å². The zero-order chi connectivity index (χ0) is 15.7. The molecule has 0 bridgehead atoms. The van der Waals surface area contributed by atoms with Gasteiger partial charge in [0.1, 0.15) is 11.4 Å². The minimum absolute atomic E-state index is 0.0617. The van der Waals surface area contributed by atoms with Crippen LogP contribution in [0, 0.1) is 0 Å². The van der Waals surface area contributed by atoms with Gasteiger partial charge in [-0.2, -0.15) is 0 Å². The summed E-state index contributed by atoms with van der Waals surface area (Å²) >= 11 is 0. The number of rotatable bonds is 1. The van der Waals surface area contributed by atoms with Crippen LogP contribution in [-0.2, 0) is 15.9 Å². The van der Waals surface area contributed by atoms with E-state index < -0.39 is 5.60 Å². The summed E-state index contributed by atoms with van der Waals surface area (Å²) < 4.78 is 17.1. The Balaban J connectivity index is 1.51. The number of nitrogens with one attached hydrogen (secondary N) is 1. The molecule has 23 heavy (non-hydrogen) atoms. The maximum Gasteiger partial charge on any atom is 0.254 e. The maximum atomic E-state index is 12.9. The molecule has 2 saturated heterocycles. The monoisotopic (exact) mass is 318 g/mol. The largest absolute Gasteiger partial charge is 0.493 e. The molecular weight excluding hydrogens is 296 g/mol. The van der Waals surface area contributed by atoms with Gasteiger partial charge in [-0.1, -0.05) is 0 Å². The van der Waals surface area contributed by atoms with Gasteiger partial charge < -0.3 is 24.4 Å². The highest BCUT2D eigenvalue weighted by Crippen LogP contribution is 2.27. The molecule has 1 N–H and O–H groups in total. The number of benzene rings is 1. The van der Waals surface area contributed by atoms with E-state index in [0.29, 0.717) is 39.5 Å². The minimum atomic E-state index is -0.426. The SMILES string of the molecule is O=C(c1ccc2c(c1)CCO2)N1CCO[C@]2(CNCCOC2)C1. The second kappa shape index (κ2) is 6.11. The van der Waals surface area contributed by atoms with Gasteiger partial charge in [0.05, 0.1) is 33.0 Å². The lowest BCUT2D eigenvalue weighted by Gasteiger charge is -2.41. The summed E-state index contributed by atoms with van der Waals surface area (Å²) in [6.07, 6.45) is 0.876. The third kappa shape index (κ3) is 2.94. The summed E-state index contributed by atoms with van der Waals surface area (Å²) in [5, 5.41) is 3.34. The number of morpholine rings is 1. The first kappa shape index (κ1) is 14.9. The molecule has 124 valence electrons. The van der Waals surface area contributed by atoms with Crippen molar-refractivity contribution >= 4 is 5.91 Å². The minimum Gasteiger partial charge on any atom is -0.493 e. The van der Waals surface area contributed by atoms with Crippen LogP contribution in [-0.4, -0.2) is 69.0 Å². The molecule has 6 nitrogen and oxygen atoms in total. The van der Waals surface area contributed by atoms with Gasteiger partial charge in [0.2, 0.25) is 0 Å². The summed E-state index contributed by atoms with van der Waals surface area (Å²) in [4.78, 5) is 14.8. The van der Waals surface area contributed by atoms with E-state index in [-0.39, 0.29) is 5.91 Å². The van der Waals surface area contributed by atoms with Crippen LogP contribution < -0.4 is 10.1 Å². The molecule has 3 aliphatic rings. The average Bonchev–Trinajstić information content (AvgIpc) is 2.94. The quantitative estimate of drug-likeness (QED) is 0.815. The fourth-order valence-corrected chi connectivity index (χ4v) is 3.48. The molecular formula is C17H22N2O4. The Labute approximate surface area is 135 Å². The fraction of sp³-hybridized carbons (Fsp3) is 0.588. The zero-order valence-corrected chi connectivity index (χ0v) is 13.2. The van der Waals surface area contributed by atoms with Gasteiger partial charge in [-0.15, -0.1) is 0 Å². The van der Waals surface area contributed by atoms with Crippen LogP contribution in [0.2, 0.25) is 0 Å². The molecule has 3 heterocycles. The molecule has 1 aromatic carbocycles. The number of carbonyl (C=O) groups is 1. The van der Waals surface area contributed by atoms with Crippen molar-refractivity contribution in [3.63, 3.8) is 0 Å². The van der Waals surface area contributed by atoms with Crippen molar-refractivity contribution in [2.45, 2.75) is 12.0 Å². The Bertz CT molecular complexity index is 596. The first-order chi connectivity index (χ1) is 11.3. The van der Waals surface area contributed by atoms with Crippen LogP contribution in [0.15, 0.2) is 18.2 Å². The van der Waals surface area contributed by atoms with Gasteiger partial charge in [-0.05, 0) is 23.8 Å². The van der Waals surface area contributed by atoms with Crippen molar-refractivity contribution in [3.05, 3.63) is 29.3 Å². The molecule has 4 rings (SSSR count). The predicted octanol–water partition coefficient (Wildman–Crippen LogP) is 0.452. The van der Waals surface area contributed by atoms with Crippen molar-refractivity contribution in [2.24, 2.45) is 0 Å². The van der Waals surface area contributed by atoms with Gasteiger partial charge in [0.25, 0.3) is 5.91 Å². The van der Waals surface area contributed by atoms with E-state index in [9.17, 15) is 4.79 Å². The molecule has 0 aromatic heterocycles. The molecule has 6 heteroatoms. The van der Waals surface area contributed by atoms with Gasteiger partial charge in [0.15, 0.2) is 0 Å². The number of nitrogens with zero attached hydrogens (tertiary/aromatic N) is 1. The van der Waals surface area contributed by atoms with Crippen LogP contribution in [0.25, 0.3) is 0 Å². The third-order valence-electron chi connectivity index (χ3n) is 4.71. The lowest BCUT2D eigenvalue weighted by molar-refractivity contribution is -0.125. The fourth-order valence-electron chi connectivity index (χ4n) is 3.48. The topological polar surface area (TPSA) is 60.0 Å². The Hall–Kier alpha value is -1.63. The standard InChI is InChI=1S/C17H22N2O4/c20-16(14-1-2-15-13(9-14)3-6-22-15)19-5-8-23-17(11-19)10-18-4-7-21-12-17/h1-2,9,18H,3-8,10-12H2/t17-/m1/s1. The number of hydrogen-bond donors (Lipinski definition) is 1. The first-order valence-corrected chi connectivity index (χ1v) is 8.23. The summed E-state index contributed by atoms with van der Waals surface area (Å²) in [6, 6.07) is 5.73. The molecule has 1 atom stereocenters. The lowest BCUT2D eigenvalue weighted by atomic mass is 10.0. The van der Waals surface area contributed by atoms with Crippen molar-refractivity contribution in [1.29, 1.82) is 0 Å². The van der Waals surface area contributed by atoms with Crippen LogP contribution in [0.3, 0.4) is 0 Å². The lowest BCUT2D eigenvalue weighted by Crippen LogP contribution is -2.59. The van der Waals surface area contributed by atoms with Gasteiger partial charge in [-0.3, -0.25) is 4.79 Å². The maximum absolute atomic E-state index is 12.9. The Morgan fingerprint density at radius 1 is 1.26 bits per heavy atom. The zero-order valence-electron chi connectivity index (χ0n) is 13.2. The van der Waals surface area contributed by atoms with E-state index in [4.69, 9.17) is 14.2 Å². The number of carbonyl (C=O) groups excluding carboxylic acids is 1. The van der Waals surface area contributed by atoms with Gasteiger partial charge in [-0.25, -0.2) is 0 Å². The van der Waals surface area contributed by atoms with Crippen LogP contribution in [0.5, 0.6) is 5.75 Å². The highest BCUT2D eigenvalue weighted by Gasteiger charge is 2.39. The van der Waals surface area contributed by atoms with Crippen molar-refractivity contribution in [3.8, 4) is 5.75 Å². The Kier molecular flexibility index (Phi) is 3.97. The molecule has 1 spiro atoms. The van der Waals surface area contributed by atoms with Crippen molar-refractivity contribution in [2.75, 3.05) is 52.6 Å². The van der Waals surface area contributed by atoms with Crippen LogP contribution in [0.4, 0.5) is 0 Å². The summed E-state index contributed by atoms with van der Waals surface area (Å²) in [6.45, 7) is 5.19. The molecule has 0 unspecified atom stereocenters. The van der Waals surface area contributed by atoms with Gasteiger partial charge >= 0.3 is 0 Å². The normalized spacial score (nSPS) is 27.4. The van der Waals surface area contributed by atoms with E-state index in [0.717, 1.165) is 36.4 Å². The van der Waals surface area contributed by atoms with Crippen LogP contribution >= 0.6 is 0 Å². The van der Waals surface area contributed by atoms with Gasteiger partial charge in [0, 0.05) is 31.6 Å². The summed E-state index contributed by atoms with van der Waals surface area (Å²) in [5.74, 6) is 0.966. The second-order valence-corrected chi connectivity index (χ2v) is 6.41. The highest BCUT2D eigenvalue weighted by molar-refractivity contribution is 5.94. The average molecular weight is 318 g/mol. The van der Waals surface area contributed by atoms with Crippen molar-refractivity contribution in [1.82, 2.24) is 10.2 Å². The highest BCUT2D eigenvalue weighted by atomic mass is 16.5. The Morgan fingerprint density at radius 2 is 2.22 bits per heavy atom. The summed E-state index contributed by atoms with van der Waals surface area (Å²) in [7, 11) is 0. The van der Waals surface area contributed by atoms with E-state index in [1.807, 2.05) is 23.1 Å². The summed E-state index contributed by atoms with van der Waals surface area (Å²) in [5.41, 5.74) is 1.43. The Morgan fingerprint density at radius 3 is 3.17 bits per heavy atom. The molecule has 0 radical (unpaired) electrons. The smallest absolute Gasteiger partial charge is 0.254 e. The first-order valence-electron chi connectivity index (χ1n) is 8.23. The number of amides is 1. The molecule has 1 amide bonds. The van der Waals surface area contributed by atoms with E-state index in [2.05, 4.69) is 5.32 Å². The molecule has 1 aromatic rings. The van der Waals surface area contributed by atoms with E-state index in [1.165, 1.54) is 0 Å². The third-order valence-corrected chi connectivity index (χ3v) is 4.71. The van der Waals surface area contributed by atoms with Crippen LogP contribution in [0.1, 0.15) is 15.9 Å². The molecule has 0 saturated carbocycles.